The van der Waals surface area contributed by atoms with Crippen molar-refractivity contribution in [1.82, 2.24) is 0 Å². The summed E-state index contributed by atoms with van der Waals surface area (Å²) in [6, 6.07) is 0. The van der Waals surface area contributed by atoms with Crippen LogP contribution in [0.15, 0.2) is 23.8 Å². The van der Waals surface area contributed by atoms with Crippen molar-refractivity contribution in [3.8, 4) is 0 Å². The normalized spacial score (nSPS) is 41.3. The second kappa shape index (κ2) is 4.64. The number of allylic oxidation sites excluding steroid dienone is 3. The minimum Gasteiger partial charge on any atom is -0.377 e. The third-order valence-corrected chi connectivity index (χ3v) is 5.89. The highest BCUT2D eigenvalue weighted by atomic mass is 16.5. The van der Waals surface area contributed by atoms with Crippen molar-refractivity contribution < 1.29 is 14.3 Å². The minimum atomic E-state index is -0.352. The Bertz CT molecular complexity index is 555. The predicted molar refractivity (Wildman–Crippen MR) is 80.8 cm³/mol. The van der Waals surface area contributed by atoms with Gasteiger partial charge in [-0.1, -0.05) is 38.8 Å². The zero-order valence-corrected chi connectivity index (χ0v) is 13.3. The molecule has 0 aliphatic heterocycles. The van der Waals surface area contributed by atoms with Gasteiger partial charge in [0.25, 0.3) is 0 Å². The molecular formula is C18H24O3. The zero-order chi connectivity index (χ0) is 15.4. The van der Waals surface area contributed by atoms with Gasteiger partial charge >= 0.3 is 0 Å². The lowest BCUT2D eigenvalue weighted by Crippen LogP contribution is -2.55. The molecule has 0 unspecified atom stereocenters. The van der Waals surface area contributed by atoms with E-state index in [1.807, 2.05) is 0 Å². The van der Waals surface area contributed by atoms with Crippen molar-refractivity contribution in [2.75, 3.05) is 7.11 Å². The second-order valence-corrected chi connectivity index (χ2v) is 7.58. The highest BCUT2D eigenvalue weighted by Crippen LogP contribution is 2.59. The summed E-state index contributed by atoms with van der Waals surface area (Å²) in [5.74, 6) is -0.492. The first-order valence-electron chi connectivity index (χ1n) is 7.82. The lowest BCUT2D eigenvalue weighted by molar-refractivity contribution is -0.140. The Hall–Kier alpha value is -1.22. The number of ether oxygens (including phenoxy) is 1. The molecule has 3 aliphatic rings. The van der Waals surface area contributed by atoms with Gasteiger partial charge in [-0.15, -0.1) is 0 Å². The zero-order valence-electron chi connectivity index (χ0n) is 13.3. The van der Waals surface area contributed by atoms with Gasteiger partial charge in [-0.2, -0.15) is 0 Å². The summed E-state index contributed by atoms with van der Waals surface area (Å²) in [5.41, 5.74) is 1.17. The maximum atomic E-state index is 12.6. The smallest absolute Gasteiger partial charge is 0.162 e. The molecule has 3 aliphatic carbocycles. The first kappa shape index (κ1) is 14.7. The Balaban J connectivity index is 2.19. The first-order valence-corrected chi connectivity index (χ1v) is 7.82. The Morgan fingerprint density at radius 1 is 1.10 bits per heavy atom. The highest BCUT2D eigenvalue weighted by Gasteiger charge is 2.57. The lowest BCUT2D eigenvalue weighted by Gasteiger charge is -2.55. The molecule has 1 saturated carbocycles. The molecular weight excluding hydrogens is 264 g/mol. The van der Waals surface area contributed by atoms with E-state index in [1.165, 1.54) is 17.7 Å². The van der Waals surface area contributed by atoms with Crippen LogP contribution in [-0.4, -0.2) is 24.8 Å². The van der Waals surface area contributed by atoms with E-state index in [4.69, 9.17) is 4.74 Å². The number of rotatable bonds is 1. The fourth-order valence-corrected chi connectivity index (χ4v) is 4.94. The molecule has 0 radical (unpaired) electrons. The summed E-state index contributed by atoms with van der Waals surface area (Å²) in [6.45, 7) is 6.66. The maximum absolute atomic E-state index is 12.6. The molecule has 0 aromatic heterocycles. The van der Waals surface area contributed by atoms with Crippen LogP contribution in [-0.2, 0) is 14.3 Å². The predicted octanol–water partition coefficient (Wildman–Crippen LogP) is 3.10. The van der Waals surface area contributed by atoms with E-state index >= 15 is 0 Å². The van der Waals surface area contributed by atoms with Crippen LogP contribution in [0.25, 0.3) is 0 Å². The average molecular weight is 288 g/mol. The molecule has 0 heterocycles. The fourth-order valence-electron chi connectivity index (χ4n) is 4.94. The summed E-state index contributed by atoms with van der Waals surface area (Å²) in [7, 11) is 1.63. The molecule has 0 aromatic rings. The second-order valence-electron chi connectivity index (χ2n) is 7.58. The number of carbonyl (C=O) groups is 2. The van der Waals surface area contributed by atoms with Gasteiger partial charge in [-0.3, -0.25) is 9.59 Å². The first-order chi connectivity index (χ1) is 9.81. The van der Waals surface area contributed by atoms with Crippen molar-refractivity contribution in [1.29, 1.82) is 0 Å². The van der Waals surface area contributed by atoms with Crippen molar-refractivity contribution in [2.45, 2.75) is 46.1 Å². The largest absolute Gasteiger partial charge is 0.377 e. The Labute approximate surface area is 126 Å². The van der Waals surface area contributed by atoms with E-state index in [9.17, 15) is 9.59 Å². The van der Waals surface area contributed by atoms with Gasteiger partial charge in [-0.05, 0) is 35.8 Å². The van der Waals surface area contributed by atoms with Crippen LogP contribution >= 0.6 is 0 Å². The Kier molecular flexibility index (Phi) is 3.25. The molecule has 114 valence electrons. The Morgan fingerprint density at radius 3 is 2.43 bits per heavy atom. The van der Waals surface area contributed by atoms with Crippen LogP contribution in [0.5, 0.6) is 0 Å². The molecule has 0 bridgehead atoms. The van der Waals surface area contributed by atoms with E-state index in [0.29, 0.717) is 0 Å². The van der Waals surface area contributed by atoms with Crippen LogP contribution in [0, 0.1) is 22.7 Å². The number of carbonyl (C=O) groups excluding carboxylic acids is 2. The van der Waals surface area contributed by atoms with Gasteiger partial charge in [0.15, 0.2) is 11.6 Å². The number of fused-ring (bicyclic) bond motifs is 3. The molecule has 1 fully saturated rings. The third-order valence-electron chi connectivity index (χ3n) is 5.89. The summed E-state index contributed by atoms with van der Waals surface area (Å²) in [4.78, 5) is 25.0. The van der Waals surface area contributed by atoms with Gasteiger partial charge in [0.1, 0.15) is 0 Å². The average Bonchev–Trinajstić information content (AvgIpc) is 2.41. The minimum absolute atomic E-state index is 0.0337. The van der Waals surface area contributed by atoms with Gasteiger partial charge in [-0.25, -0.2) is 0 Å². The standard InChI is InChI=1S/C18H24O3/c1-17(2)8-5-9-18(3)14(17)10-13(21-4)15-11(19)6-7-12(20)16(15)18/h6-7,10,13,15-16H,5,8-9H2,1-4H3/t13-,15-,16-,18+/m1/s1. The van der Waals surface area contributed by atoms with Crippen molar-refractivity contribution >= 4 is 11.6 Å². The van der Waals surface area contributed by atoms with E-state index in [0.717, 1.165) is 19.3 Å². The summed E-state index contributed by atoms with van der Waals surface area (Å²) in [6.07, 6.45) is 7.99. The van der Waals surface area contributed by atoms with Crippen LogP contribution < -0.4 is 0 Å². The number of methoxy groups -OCH3 is 1. The fraction of sp³-hybridized carbons (Fsp3) is 0.667. The molecule has 3 nitrogen and oxygen atoms in total. The van der Waals surface area contributed by atoms with Crippen LogP contribution in [0.2, 0.25) is 0 Å². The van der Waals surface area contributed by atoms with Gasteiger partial charge in [0.2, 0.25) is 0 Å². The molecule has 3 heteroatoms. The number of hydrogen-bond donors (Lipinski definition) is 0. The number of hydrogen-bond acceptors (Lipinski definition) is 3. The summed E-state index contributed by atoms with van der Waals surface area (Å²) in [5, 5.41) is 0. The Morgan fingerprint density at radius 2 is 1.76 bits per heavy atom. The summed E-state index contributed by atoms with van der Waals surface area (Å²) >= 11 is 0. The maximum Gasteiger partial charge on any atom is 0.162 e. The van der Waals surface area contributed by atoms with Crippen LogP contribution in [0.1, 0.15) is 40.0 Å². The third kappa shape index (κ3) is 1.97. The molecule has 4 atom stereocenters. The quantitative estimate of drug-likeness (QED) is 0.696. The highest BCUT2D eigenvalue weighted by molar-refractivity contribution is 6.08. The van der Waals surface area contributed by atoms with E-state index < -0.39 is 0 Å². The van der Waals surface area contributed by atoms with Crippen LogP contribution in [0.4, 0.5) is 0 Å². The van der Waals surface area contributed by atoms with Crippen molar-refractivity contribution in [2.24, 2.45) is 22.7 Å². The molecule has 0 N–H and O–H groups in total. The monoisotopic (exact) mass is 288 g/mol. The van der Waals surface area contributed by atoms with Gasteiger partial charge in [0, 0.05) is 13.0 Å². The van der Waals surface area contributed by atoms with E-state index in [1.54, 1.807) is 7.11 Å². The topological polar surface area (TPSA) is 43.4 Å². The van der Waals surface area contributed by atoms with Crippen molar-refractivity contribution in [3.05, 3.63) is 23.8 Å². The molecule has 0 amide bonds. The molecule has 0 spiro atoms. The van der Waals surface area contributed by atoms with Gasteiger partial charge in [0.05, 0.1) is 12.0 Å². The summed E-state index contributed by atoms with van der Waals surface area (Å²) < 4.78 is 5.58. The van der Waals surface area contributed by atoms with Gasteiger partial charge < -0.3 is 4.74 Å². The molecule has 0 aromatic carbocycles. The molecule has 21 heavy (non-hydrogen) atoms. The number of ketones is 2. The van der Waals surface area contributed by atoms with Crippen LogP contribution in [0.3, 0.4) is 0 Å². The lowest BCUT2D eigenvalue weighted by atomic mass is 9.49. The molecule has 3 rings (SSSR count). The van der Waals surface area contributed by atoms with E-state index in [-0.39, 0.29) is 40.3 Å². The molecule has 0 saturated heterocycles. The van der Waals surface area contributed by atoms with Crippen molar-refractivity contribution in [3.63, 3.8) is 0 Å². The van der Waals surface area contributed by atoms with E-state index in [2.05, 4.69) is 26.8 Å². The SMILES string of the molecule is CO[C@@H]1C=C2C(C)(C)CCC[C@]2(C)[C@@H]2C(=O)C=CC(=O)[C@@H]21.